The van der Waals surface area contributed by atoms with Crippen molar-refractivity contribution in [1.82, 2.24) is 9.97 Å². The Labute approximate surface area is 229 Å². The van der Waals surface area contributed by atoms with E-state index in [1.165, 1.54) is 36.5 Å². The summed E-state index contributed by atoms with van der Waals surface area (Å²) in [7, 11) is 0. The number of rotatable bonds is 3. The largest absolute Gasteiger partial charge is 0.227 e. The Morgan fingerprint density at radius 3 is 2.00 bits per heavy atom. The van der Waals surface area contributed by atoms with E-state index in [-0.39, 0.29) is 0 Å². The van der Waals surface area contributed by atoms with Crippen LogP contribution in [0.4, 0.5) is 0 Å². The van der Waals surface area contributed by atoms with Gasteiger partial charge in [0, 0.05) is 36.7 Å². The highest BCUT2D eigenvalue weighted by Gasteiger charge is 2.18. The molecule has 39 heavy (non-hydrogen) atoms. The van der Waals surface area contributed by atoms with Crippen LogP contribution in [0.2, 0.25) is 0 Å². The van der Waals surface area contributed by atoms with E-state index < -0.39 is 0 Å². The molecule has 0 amide bonds. The van der Waals surface area contributed by atoms with Crippen LogP contribution in [0, 0.1) is 0 Å². The van der Waals surface area contributed by atoms with Gasteiger partial charge in [0.25, 0.3) is 0 Å². The second-order valence-electron chi connectivity index (χ2n) is 9.81. The Hall–Kier alpha value is -4.86. The summed E-state index contributed by atoms with van der Waals surface area (Å²) in [6, 6.07) is 47.0. The third kappa shape index (κ3) is 3.63. The summed E-state index contributed by atoms with van der Waals surface area (Å²) >= 11 is 1.85. The number of benzene rings is 6. The van der Waals surface area contributed by atoms with Crippen LogP contribution in [-0.4, -0.2) is 9.97 Å². The van der Waals surface area contributed by atoms with Crippen LogP contribution in [0.15, 0.2) is 133 Å². The molecule has 2 nitrogen and oxygen atoms in total. The van der Waals surface area contributed by atoms with Crippen LogP contribution in [0.25, 0.3) is 75.6 Å². The summed E-state index contributed by atoms with van der Waals surface area (Å²) in [6.07, 6.45) is 0. The zero-order chi connectivity index (χ0) is 25.8. The van der Waals surface area contributed by atoms with Gasteiger partial charge in [-0.2, -0.15) is 0 Å². The van der Waals surface area contributed by atoms with E-state index in [1.54, 1.807) is 0 Å². The molecule has 8 aromatic rings. The average molecular weight is 515 g/mol. The van der Waals surface area contributed by atoms with Crippen molar-refractivity contribution in [2.45, 2.75) is 0 Å². The molecule has 182 valence electrons. The highest BCUT2D eigenvalue weighted by Crippen LogP contribution is 2.43. The van der Waals surface area contributed by atoms with Crippen LogP contribution in [-0.2, 0) is 0 Å². The van der Waals surface area contributed by atoms with Crippen LogP contribution in [0.1, 0.15) is 0 Å². The Morgan fingerprint density at radius 2 is 1.15 bits per heavy atom. The molecule has 0 atom stereocenters. The molecule has 3 heteroatoms. The van der Waals surface area contributed by atoms with Crippen molar-refractivity contribution < 1.29 is 0 Å². The van der Waals surface area contributed by atoms with E-state index in [9.17, 15) is 0 Å². The Morgan fingerprint density at radius 1 is 0.462 bits per heavy atom. The maximum absolute atomic E-state index is 5.29. The second-order valence-corrected chi connectivity index (χ2v) is 10.9. The molecule has 0 aliphatic carbocycles. The number of hydrogen-bond donors (Lipinski definition) is 0. The van der Waals surface area contributed by atoms with Crippen LogP contribution in [0.5, 0.6) is 0 Å². The summed E-state index contributed by atoms with van der Waals surface area (Å²) in [4.78, 5) is 10.5. The number of fused-ring (bicyclic) bond motifs is 7. The normalized spacial score (nSPS) is 11.6. The first kappa shape index (κ1) is 22.2. The van der Waals surface area contributed by atoms with Crippen molar-refractivity contribution in [3.63, 3.8) is 0 Å². The quantitative estimate of drug-likeness (QED) is 0.234. The van der Waals surface area contributed by atoms with Gasteiger partial charge in [-0.1, -0.05) is 115 Å². The number of hydrogen-bond acceptors (Lipinski definition) is 3. The molecule has 2 heterocycles. The lowest BCUT2D eigenvalue weighted by molar-refractivity contribution is 1.23. The van der Waals surface area contributed by atoms with E-state index in [1.807, 2.05) is 23.5 Å². The van der Waals surface area contributed by atoms with Gasteiger partial charge in [0.1, 0.15) is 0 Å². The van der Waals surface area contributed by atoms with Crippen molar-refractivity contribution in [3.8, 4) is 33.8 Å². The van der Waals surface area contributed by atoms with E-state index in [2.05, 4.69) is 121 Å². The Bertz CT molecular complexity index is 2160. The van der Waals surface area contributed by atoms with Crippen LogP contribution < -0.4 is 0 Å². The summed E-state index contributed by atoms with van der Waals surface area (Å²) in [5.41, 5.74) is 6.41. The van der Waals surface area contributed by atoms with Crippen molar-refractivity contribution in [3.05, 3.63) is 133 Å². The maximum atomic E-state index is 5.29. The van der Waals surface area contributed by atoms with E-state index >= 15 is 0 Å². The molecule has 0 unspecified atom stereocenters. The monoisotopic (exact) mass is 514 g/mol. The fraction of sp³-hybridized carbons (Fsp3) is 0. The third-order valence-corrected chi connectivity index (χ3v) is 8.67. The molecule has 8 rings (SSSR count). The van der Waals surface area contributed by atoms with E-state index in [4.69, 9.17) is 9.97 Å². The molecule has 0 bridgehead atoms. The molecule has 0 spiro atoms. The second kappa shape index (κ2) is 8.87. The minimum atomic E-state index is 0.742. The van der Waals surface area contributed by atoms with Gasteiger partial charge in [0.05, 0.1) is 11.2 Å². The van der Waals surface area contributed by atoms with Gasteiger partial charge in [0.15, 0.2) is 5.82 Å². The first-order valence-corrected chi connectivity index (χ1v) is 13.9. The predicted molar refractivity (Wildman–Crippen MR) is 166 cm³/mol. The number of aromatic nitrogens is 2. The first-order valence-electron chi connectivity index (χ1n) is 13.1. The van der Waals surface area contributed by atoms with E-state index in [0.717, 1.165) is 39.1 Å². The van der Waals surface area contributed by atoms with Crippen molar-refractivity contribution in [2.24, 2.45) is 0 Å². The fourth-order valence-electron chi connectivity index (χ4n) is 5.60. The molecule has 0 radical (unpaired) electrons. The minimum absolute atomic E-state index is 0.742. The highest BCUT2D eigenvalue weighted by atomic mass is 32.1. The lowest BCUT2D eigenvalue weighted by atomic mass is 10.0. The highest BCUT2D eigenvalue weighted by molar-refractivity contribution is 7.26. The van der Waals surface area contributed by atoms with Gasteiger partial charge in [-0.05, 0) is 40.1 Å². The molecule has 6 aromatic carbocycles. The van der Waals surface area contributed by atoms with Crippen LogP contribution >= 0.6 is 11.3 Å². The Balaban J connectivity index is 1.46. The molecule has 0 aliphatic heterocycles. The lowest BCUT2D eigenvalue weighted by Gasteiger charge is -2.11. The van der Waals surface area contributed by atoms with Gasteiger partial charge in [-0.15, -0.1) is 11.3 Å². The molecule has 0 aliphatic rings. The summed E-state index contributed by atoms with van der Waals surface area (Å²) in [6.45, 7) is 0. The minimum Gasteiger partial charge on any atom is -0.227 e. The van der Waals surface area contributed by atoms with Crippen molar-refractivity contribution >= 4 is 53.2 Å². The first-order chi connectivity index (χ1) is 19.3. The SMILES string of the molecule is c1ccc(-c2cccc(-c3nc(-c4ccccc4)c4ccc5sc6c7ccccc7ccc6c5c4n3)c2)cc1. The maximum Gasteiger partial charge on any atom is 0.160 e. The summed E-state index contributed by atoms with van der Waals surface area (Å²) in [5.74, 6) is 0.742. The summed E-state index contributed by atoms with van der Waals surface area (Å²) in [5, 5.41) is 6.08. The topological polar surface area (TPSA) is 25.8 Å². The van der Waals surface area contributed by atoms with Gasteiger partial charge < -0.3 is 0 Å². The Kier molecular flexibility index (Phi) is 5.04. The molecule has 0 saturated heterocycles. The number of nitrogens with zero attached hydrogens (tertiary/aromatic N) is 2. The molecular formula is C36H22N2S. The average Bonchev–Trinajstić information content (AvgIpc) is 3.41. The number of thiophene rings is 1. The van der Waals surface area contributed by atoms with Gasteiger partial charge in [0.2, 0.25) is 0 Å². The zero-order valence-corrected chi connectivity index (χ0v) is 21.8. The van der Waals surface area contributed by atoms with Gasteiger partial charge >= 0.3 is 0 Å². The van der Waals surface area contributed by atoms with Crippen molar-refractivity contribution in [1.29, 1.82) is 0 Å². The van der Waals surface area contributed by atoms with Gasteiger partial charge in [-0.25, -0.2) is 9.97 Å². The smallest absolute Gasteiger partial charge is 0.160 e. The molecule has 0 N–H and O–H groups in total. The van der Waals surface area contributed by atoms with Crippen LogP contribution in [0.3, 0.4) is 0 Å². The molecule has 2 aromatic heterocycles. The molecular weight excluding hydrogens is 492 g/mol. The zero-order valence-electron chi connectivity index (χ0n) is 21.0. The van der Waals surface area contributed by atoms with Gasteiger partial charge in [-0.3, -0.25) is 0 Å². The van der Waals surface area contributed by atoms with E-state index in [0.29, 0.717) is 0 Å². The predicted octanol–water partition coefficient (Wildman–Crippen LogP) is 10.2. The fourth-order valence-corrected chi connectivity index (χ4v) is 6.84. The lowest BCUT2D eigenvalue weighted by Crippen LogP contribution is -1.96. The summed E-state index contributed by atoms with van der Waals surface area (Å²) < 4.78 is 2.55. The third-order valence-electron chi connectivity index (χ3n) is 7.47. The van der Waals surface area contributed by atoms with Crippen molar-refractivity contribution in [2.75, 3.05) is 0 Å². The molecule has 0 fully saturated rings. The standard InChI is InChI=1S/C36H22N2S/c1-3-10-23(11-4-1)26-15-9-16-27(22-26)36-37-33(25-13-5-2-6-14-25)30-20-21-31-32(34(30)38-36)29-19-18-24-12-7-8-17-28(24)35(29)39-31/h1-22H. The molecule has 0 saturated carbocycles.